The van der Waals surface area contributed by atoms with Crippen molar-refractivity contribution >= 4 is 16.7 Å². The predicted octanol–water partition coefficient (Wildman–Crippen LogP) is 2.00. The van der Waals surface area contributed by atoms with E-state index < -0.39 is 0 Å². The zero-order valence-electron chi connectivity index (χ0n) is 13.1. The van der Waals surface area contributed by atoms with E-state index in [0.717, 1.165) is 50.0 Å². The Bertz CT molecular complexity index is 681. The van der Waals surface area contributed by atoms with Crippen LogP contribution in [0, 0.1) is 0 Å². The van der Waals surface area contributed by atoms with Gasteiger partial charge in [0.1, 0.15) is 5.75 Å². The van der Waals surface area contributed by atoms with E-state index >= 15 is 0 Å². The number of amides is 1. The minimum atomic E-state index is -0.221. The number of hydrogen-bond donors (Lipinski definition) is 2. The first kappa shape index (κ1) is 15.8. The van der Waals surface area contributed by atoms with Gasteiger partial charge in [0.2, 0.25) is 0 Å². The zero-order valence-corrected chi connectivity index (χ0v) is 13.1. The van der Waals surface area contributed by atoms with Crippen LogP contribution in [0.4, 0.5) is 0 Å². The third-order valence-electron chi connectivity index (χ3n) is 4.17. The van der Waals surface area contributed by atoms with E-state index in [2.05, 4.69) is 10.2 Å². The molecule has 0 aromatic heterocycles. The van der Waals surface area contributed by atoms with Gasteiger partial charge in [-0.3, -0.25) is 9.69 Å². The fourth-order valence-corrected chi connectivity index (χ4v) is 2.92. The normalized spacial score (nSPS) is 15.7. The molecule has 0 unspecified atom stereocenters. The number of nitrogens with one attached hydrogen (secondary N) is 1. The minimum absolute atomic E-state index is 0.0226. The number of aromatic hydroxyl groups is 1. The summed E-state index contributed by atoms with van der Waals surface area (Å²) in [5, 5.41) is 14.7. The third-order valence-corrected chi connectivity index (χ3v) is 4.17. The lowest BCUT2D eigenvalue weighted by atomic mass is 10.0. The average Bonchev–Trinajstić information content (AvgIpc) is 2.59. The number of ether oxygens (including phenoxy) is 1. The van der Waals surface area contributed by atoms with Crippen molar-refractivity contribution in [3.63, 3.8) is 0 Å². The van der Waals surface area contributed by atoms with E-state index in [4.69, 9.17) is 4.74 Å². The smallest absolute Gasteiger partial charge is 0.255 e. The van der Waals surface area contributed by atoms with Crippen LogP contribution in [0.5, 0.6) is 5.75 Å². The molecule has 2 aromatic carbocycles. The van der Waals surface area contributed by atoms with Crippen LogP contribution in [0.25, 0.3) is 10.8 Å². The van der Waals surface area contributed by atoms with Crippen LogP contribution in [-0.2, 0) is 4.74 Å². The van der Waals surface area contributed by atoms with Gasteiger partial charge in [0.05, 0.1) is 18.8 Å². The van der Waals surface area contributed by atoms with E-state index in [1.54, 1.807) is 6.07 Å². The first-order chi connectivity index (χ1) is 11.3. The molecule has 0 aliphatic carbocycles. The van der Waals surface area contributed by atoms with Crippen LogP contribution in [0.3, 0.4) is 0 Å². The van der Waals surface area contributed by atoms with Crippen LogP contribution in [-0.4, -0.2) is 55.3 Å². The largest absolute Gasteiger partial charge is 0.507 e. The van der Waals surface area contributed by atoms with Crippen molar-refractivity contribution in [2.45, 2.75) is 6.42 Å². The average molecular weight is 314 g/mol. The van der Waals surface area contributed by atoms with Gasteiger partial charge in [0.25, 0.3) is 5.91 Å². The molecule has 0 spiro atoms. The molecule has 3 rings (SSSR count). The Kier molecular flexibility index (Phi) is 5.10. The van der Waals surface area contributed by atoms with Gasteiger partial charge in [-0.25, -0.2) is 0 Å². The minimum Gasteiger partial charge on any atom is -0.507 e. The number of carbonyl (C=O) groups is 1. The van der Waals surface area contributed by atoms with E-state index in [1.807, 2.05) is 30.3 Å². The standard InChI is InChI=1S/C18H22N2O3/c21-16-7-6-14-4-1-2-5-15(14)17(16)18(22)19-8-3-9-20-10-12-23-13-11-20/h1-2,4-7,21H,3,8-13H2,(H,19,22). The number of rotatable bonds is 5. The van der Waals surface area contributed by atoms with Gasteiger partial charge in [-0.15, -0.1) is 0 Å². The number of benzene rings is 2. The lowest BCUT2D eigenvalue weighted by Crippen LogP contribution is -2.38. The van der Waals surface area contributed by atoms with E-state index in [9.17, 15) is 9.90 Å². The highest BCUT2D eigenvalue weighted by Crippen LogP contribution is 2.26. The molecule has 5 nitrogen and oxygen atoms in total. The first-order valence-corrected chi connectivity index (χ1v) is 8.05. The van der Waals surface area contributed by atoms with Crippen molar-refractivity contribution in [1.82, 2.24) is 10.2 Å². The van der Waals surface area contributed by atoms with Crippen molar-refractivity contribution in [2.75, 3.05) is 39.4 Å². The van der Waals surface area contributed by atoms with Crippen LogP contribution >= 0.6 is 0 Å². The highest BCUT2D eigenvalue weighted by atomic mass is 16.5. The number of fused-ring (bicyclic) bond motifs is 1. The Morgan fingerprint density at radius 2 is 1.96 bits per heavy atom. The molecule has 1 amide bonds. The summed E-state index contributed by atoms with van der Waals surface area (Å²) >= 11 is 0. The van der Waals surface area contributed by atoms with Gasteiger partial charge in [0.15, 0.2) is 0 Å². The molecule has 1 aliphatic rings. The predicted molar refractivity (Wildman–Crippen MR) is 89.8 cm³/mol. The molecule has 1 aliphatic heterocycles. The molecule has 2 aromatic rings. The number of carbonyl (C=O) groups excluding carboxylic acids is 1. The fourth-order valence-electron chi connectivity index (χ4n) is 2.92. The molecule has 0 atom stereocenters. The highest BCUT2D eigenvalue weighted by Gasteiger charge is 2.15. The Hall–Kier alpha value is -2.11. The van der Waals surface area contributed by atoms with Gasteiger partial charge >= 0.3 is 0 Å². The van der Waals surface area contributed by atoms with Gasteiger partial charge in [-0.1, -0.05) is 30.3 Å². The molecule has 1 fully saturated rings. The summed E-state index contributed by atoms with van der Waals surface area (Å²) in [7, 11) is 0. The maximum atomic E-state index is 12.4. The second kappa shape index (κ2) is 7.44. The molecular weight excluding hydrogens is 292 g/mol. The number of phenolic OH excluding ortho intramolecular Hbond substituents is 1. The molecule has 0 saturated carbocycles. The fraction of sp³-hybridized carbons (Fsp3) is 0.389. The Balaban J connectivity index is 1.59. The van der Waals surface area contributed by atoms with Gasteiger partial charge in [0, 0.05) is 19.6 Å². The molecular formula is C18H22N2O3. The molecule has 1 saturated heterocycles. The van der Waals surface area contributed by atoms with Crippen molar-refractivity contribution in [3.05, 3.63) is 42.0 Å². The number of phenols is 1. The Morgan fingerprint density at radius 1 is 1.17 bits per heavy atom. The molecule has 23 heavy (non-hydrogen) atoms. The molecule has 5 heteroatoms. The summed E-state index contributed by atoms with van der Waals surface area (Å²) in [5.74, 6) is -0.198. The van der Waals surface area contributed by atoms with E-state index in [0.29, 0.717) is 12.1 Å². The molecule has 2 N–H and O–H groups in total. The monoisotopic (exact) mass is 314 g/mol. The number of morpholine rings is 1. The summed E-state index contributed by atoms with van der Waals surface area (Å²) in [6.45, 7) is 5.03. The second-order valence-electron chi connectivity index (χ2n) is 5.74. The maximum Gasteiger partial charge on any atom is 0.255 e. The van der Waals surface area contributed by atoms with E-state index in [1.165, 1.54) is 0 Å². The number of hydrogen-bond acceptors (Lipinski definition) is 4. The van der Waals surface area contributed by atoms with Crippen LogP contribution in [0.1, 0.15) is 16.8 Å². The molecule has 122 valence electrons. The quantitative estimate of drug-likeness (QED) is 0.829. The molecule has 1 heterocycles. The van der Waals surface area contributed by atoms with Crippen LogP contribution in [0.15, 0.2) is 36.4 Å². The highest BCUT2D eigenvalue weighted by molar-refractivity contribution is 6.09. The van der Waals surface area contributed by atoms with E-state index in [-0.39, 0.29) is 11.7 Å². The van der Waals surface area contributed by atoms with Gasteiger partial charge < -0.3 is 15.2 Å². The summed E-state index contributed by atoms with van der Waals surface area (Å²) in [6, 6.07) is 11.0. The lowest BCUT2D eigenvalue weighted by molar-refractivity contribution is 0.0374. The van der Waals surface area contributed by atoms with Gasteiger partial charge in [-0.2, -0.15) is 0 Å². The van der Waals surface area contributed by atoms with Gasteiger partial charge in [-0.05, 0) is 29.8 Å². The summed E-state index contributed by atoms with van der Waals surface area (Å²) < 4.78 is 5.32. The SMILES string of the molecule is O=C(NCCCN1CCOCC1)c1c(O)ccc2ccccc12. The van der Waals surface area contributed by atoms with Crippen molar-refractivity contribution in [3.8, 4) is 5.75 Å². The third kappa shape index (κ3) is 3.81. The number of nitrogens with zero attached hydrogens (tertiary/aromatic N) is 1. The molecule has 0 radical (unpaired) electrons. The maximum absolute atomic E-state index is 12.4. The van der Waals surface area contributed by atoms with Crippen molar-refractivity contribution in [2.24, 2.45) is 0 Å². The summed E-state index contributed by atoms with van der Waals surface area (Å²) in [5.41, 5.74) is 0.356. The van der Waals surface area contributed by atoms with Crippen LogP contribution in [0.2, 0.25) is 0 Å². The summed E-state index contributed by atoms with van der Waals surface area (Å²) in [6.07, 6.45) is 0.886. The lowest BCUT2D eigenvalue weighted by Gasteiger charge is -2.26. The topological polar surface area (TPSA) is 61.8 Å². The Labute approximate surface area is 135 Å². The zero-order chi connectivity index (χ0) is 16.1. The van der Waals surface area contributed by atoms with Crippen LogP contribution < -0.4 is 5.32 Å². The van der Waals surface area contributed by atoms with Crippen molar-refractivity contribution < 1.29 is 14.6 Å². The second-order valence-corrected chi connectivity index (χ2v) is 5.74. The van der Waals surface area contributed by atoms with Crippen molar-refractivity contribution in [1.29, 1.82) is 0 Å². The summed E-state index contributed by atoms with van der Waals surface area (Å²) in [4.78, 5) is 14.8. The Morgan fingerprint density at radius 3 is 2.78 bits per heavy atom. The first-order valence-electron chi connectivity index (χ1n) is 8.05. The molecule has 0 bridgehead atoms.